The fourth-order valence-electron chi connectivity index (χ4n) is 8.59. The van der Waals surface area contributed by atoms with Crippen molar-refractivity contribution in [3.8, 4) is 0 Å². The molecule has 3 saturated heterocycles. The maximum absolute atomic E-state index is 12.3. The van der Waals surface area contributed by atoms with E-state index in [1.807, 2.05) is 19.1 Å². The molecule has 0 spiro atoms. The maximum atomic E-state index is 12.3. The van der Waals surface area contributed by atoms with Gasteiger partial charge in [0.2, 0.25) is 5.91 Å². The zero-order valence-electron chi connectivity index (χ0n) is 24.5. The predicted octanol–water partition coefficient (Wildman–Crippen LogP) is 4.34. The van der Waals surface area contributed by atoms with Gasteiger partial charge in [-0.25, -0.2) is 0 Å². The Balaban J connectivity index is 0.000000168. The minimum Gasteiger partial charge on any atom is -0.486 e. The molecular formula is C32H43Cl2NO7. The highest BCUT2D eigenvalue weighted by Gasteiger charge is 2.79. The number of halogens is 2. The largest absolute Gasteiger partial charge is 0.486 e. The van der Waals surface area contributed by atoms with E-state index in [9.17, 15) is 24.6 Å². The van der Waals surface area contributed by atoms with Crippen LogP contribution in [0.5, 0.6) is 0 Å². The number of carbonyl (C=O) groups excluding carboxylic acids is 3. The molecule has 6 rings (SSSR count). The first-order chi connectivity index (χ1) is 19.9. The van der Waals surface area contributed by atoms with E-state index in [1.165, 1.54) is 0 Å². The Bertz CT molecular complexity index is 1100. The third kappa shape index (κ3) is 4.33. The summed E-state index contributed by atoms with van der Waals surface area (Å²) in [6.07, 6.45) is 13.6. The number of Topliss-reactive ketones (excluding diaryl/α,β-unsaturated/α-hetero) is 1. The molecule has 0 bridgehead atoms. The second-order valence-electron chi connectivity index (χ2n) is 13.0. The van der Waals surface area contributed by atoms with Crippen LogP contribution >= 0.6 is 23.2 Å². The maximum Gasteiger partial charge on any atom is 0.319 e. The fraction of sp³-hybridized carbons (Fsp3) is 0.719. The van der Waals surface area contributed by atoms with Crippen LogP contribution < -0.4 is 5.32 Å². The van der Waals surface area contributed by atoms with E-state index in [0.29, 0.717) is 30.4 Å². The zero-order chi connectivity index (χ0) is 30.5. The molecule has 0 aromatic carbocycles. The van der Waals surface area contributed by atoms with E-state index in [2.05, 4.69) is 24.0 Å². The van der Waals surface area contributed by atoms with Crippen LogP contribution in [0.1, 0.15) is 71.6 Å². The highest BCUT2D eigenvalue weighted by atomic mass is 35.5. The minimum atomic E-state index is -1.08. The Hall–Kier alpha value is -1.87. The van der Waals surface area contributed by atoms with Gasteiger partial charge < -0.3 is 25.0 Å². The summed E-state index contributed by atoms with van der Waals surface area (Å²) >= 11 is 11.6. The smallest absolute Gasteiger partial charge is 0.319 e. The second kappa shape index (κ2) is 11.6. The normalized spacial score (nSPS) is 43.0. The SMILES string of the molecule is C=C1O[C@@]2(C)[C@@H](CCCl)C(=O)N[C@@]12[C@@H](O)C1C=CCCC1.C[C@]12OC(=O)[C@@]1(C(O)C1C=CCCC1)CC(=O)[C@H]2CCCl. The van der Waals surface area contributed by atoms with Gasteiger partial charge in [-0.2, -0.15) is 0 Å². The summed E-state index contributed by atoms with van der Waals surface area (Å²) in [4.78, 5) is 36.9. The average molecular weight is 625 g/mol. The molecule has 1 saturated carbocycles. The Kier molecular flexibility index (Phi) is 8.69. The van der Waals surface area contributed by atoms with Crippen LogP contribution in [0, 0.1) is 29.1 Å². The van der Waals surface area contributed by atoms with Gasteiger partial charge in [-0.1, -0.05) is 30.9 Å². The van der Waals surface area contributed by atoms with Crippen LogP contribution in [0.4, 0.5) is 0 Å². The average Bonchev–Trinajstić information content (AvgIpc) is 3.27. The van der Waals surface area contributed by atoms with E-state index in [0.717, 1.165) is 38.5 Å². The number of hydrogen-bond acceptors (Lipinski definition) is 7. The van der Waals surface area contributed by atoms with Gasteiger partial charge in [-0.05, 0) is 65.2 Å². The van der Waals surface area contributed by atoms with Gasteiger partial charge in [-0.15, -0.1) is 23.2 Å². The van der Waals surface area contributed by atoms with Gasteiger partial charge in [0.25, 0.3) is 0 Å². The number of hydrogen-bond donors (Lipinski definition) is 3. The number of alkyl halides is 2. The first-order valence-corrected chi connectivity index (χ1v) is 16.3. The predicted molar refractivity (Wildman–Crippen MR) is 159 cm³/mol. The topological polar surface area (TPSA) is 122 Å². The van der Waals surface area contributed by atoms with Crippen LogP contribution in [-0.2, 0) is 23.9 Å². The molecule has 3 unspecified atom stereocenters. The van der Waals surface area contributed by atoms with E-state index < -0.39 is 46.3 Å². The number of nitrogens with one attached hydrogen (secondary N) is 1. The second-order valence-corrected chi connectivity index (χ2v) is 13.8. The number of esters is 1. The number of ether oxygens (including phenoxy) is 2. The summed E-state index contributed by atoms with van der Waals surface area (Å²) in [7, 11) is 0. The number of rotatable bonds is 8. The lowest BCUT2D eigenvalue weighted by atomic mass is 9.60. The molecule has 4 fully saturated rings. The van der Waals surface area contributed by atoms with Crippen molar-refractivity contribution in [3.63, 3.8) is 0 Å². The molecule has 8 nitrogen and oxygen atoms in total. The lowest BCUT2D eigenvalue weighted by Gasteiger charge is -2.58. The molecule has 232 valence electrons. The highest BCUT2D eigenvalue weighted by molar-refractivity contribution is 6.18. The van der Waals surface area contributed by atoms with Crippen molar-refractivity contribution in [2.75, 3.05) is 11.8 Å². The van der Waals surface area contributed by atoms with Crippen LogP contribution in [-0.4, -0.2) is 68.6 Å². The summed E-state index contributed by atoms with van der Waals surface area (Å²) < 4.78 is 11.2. The molecule has 3 aliphatic carbocycles. The van der Waals surface area contributed by atoms with Crippen molar-refractivity contribution in [1.82, 2.24) is 5.32 Å². The fourth-order valence-corrected chi connectivity index (χ4v) is 9.02. The van der Waals surface area contributed by atoms with Gasteiger partial charge in [-0.3, -0.25) is 14.4 Å². The third-order valence-electron chi connectivity index (χ3n) is 11.1. The van der Waals surface area contributed by atoms with Crippen molar-refractivity contribution in [2.24, 2.45) is 29.1 Å². The lowest BCUT2D eigenvalue weighted by Crippen LogP contribution is -2.75. The molecule has 3 aliphatic heterocycles. The molecular weight excluding hydrogens is 581 g/mol. The molecule has 0 radical (unpaired) electrons. The van der Waals surface area contributed by atoms with Crippen LogP contribution in [0.25, 0.3) is 0 Å². The Morgan fingerprint density at radius 1 is 0.929 bits per heavy atom. The molecule has 3 N–H and O–H groups in total. The molecule has 1 amide bonds. The Morgan fingerprint density at radius 3 is 2.00 bits per heavy atom. The van der Waals surface area contributed by atoms with Crippen molar-refractivity contribution in [3.05, 3.63) is 36.6 Å². The van der Waals surface area contributed by atoms with Crippen molar-refractivity contribution in [2.45, 2.75) is 101 Å². The molecule has 0 aromatic rings. The standard InChI is InChI=1S/C16H22ClNO3.C16H21ClO4/c1-10-16(13(19)11-6-4-3-5-7-11)15(2,21-10)12(8-9-17)14(20)18-16;1-15-11(7-8-17)12(18)9-16(15,14(20)21-15)13(19)10-5-3-2-4-6-10/h4,6,11-13,19H,1,3,5,7-9H2,2H3,(H,18,20);3,5,10-11,13,19H,2,4,6-9H2,1H3/t11?,12-,13-,15-,16+;10?,11-,13?,15-,16+/m01/s1. The summed E-state index contributed by atoms with van der Waals surface area (Å²) in [6.45, 7) is 7.58. The molecule has 42 heavy (non-hydrogen) atoms. The first-order valence-electron chi connectivity index (χ1n) is 15.2. The molecule has 10 heteroatoms. The summed E-state index contributed by atoms with van der Waals surface area (Å²) in [5.74, 6) is -0.139. The van der Waals surface area contributed by atoms with Crippen molar-refractivity contribution < 1.29 is 34.1 Å². The first kappa shape index (κ1) is 31.6. The van der Waals surface area contributed by atoms with E-state index in [-0.39, 0.29) is 35.9 Å². The third-order valence-corrected chi connectivity index (χ3v) is 11.5. The quantitative estimate of drug-likeness (QED) is 0.209. The number of ketones is 1. The summed E-state index contributed by atoms with van der Waals surface area (Å²) in [5.41, 5.74) is -3.62. The van der Waals surface area contributed by atoms with Gasteiger partial charge in [0.05, 0.1) is 24.0 Å². The highest BCUT2D eigenvalue weighted by Crippen LogP contribution is 2.63. The number of carbonyl (C=O) groups is 3. The van der Waals surface area contributed by atoms with Gasteiger partial charge >= 0.3 is 5.97 Å². The van der Waals surface area contributed by atoms with Gasteiger partial charge in [0.15, 0.2) is 11.1 Å². The molecule has 10 atom stereocenters. The lowest BCUT2D eigenvalue weighted by molar-refractivity contribution is -0.262. The summed E-state index contributed by atoms with van der Waals surface area (Å²) in [6, 6.07) is 0. The van der Waals surface area contributed by atoms with Crippen LogP contribution in [0.15, 0.2) is 36.6 Å². The van der Waals surface area contributed by atoms with E-state index >= 15 is 0 Å². The number of fused-ring (bicyclic) bond motifs is 2. The number of aliphatic hydroxyl groups is 2. The van der Waals surface area contributed by atoms with Crippen LogP contribution in [0.2, 0.25) is 0 Å². The van der Waals surface area contributed by atoms with E-state index in [1.54, 1.807) is 6.92 Å². The monoisotopic (exact) mass is 623 g/mol. The number of allylic oxidation sites excluding steroid dienone is 2. The molecule has 0 aromatic heterocycles. The van der Waals surface area contributed by atoms with Gasteiger partial charge in [0, 0.05) is 30.0 Å². The van der Waals surface area contributed by atoms with Crippen molar-refractivity contribution >= 4 is 40.9 Å². The number of amides is 1. The molecule has 6 aliphatic rings. The molecule has 3 heterocycles. The Morgan fingerprint density at radius 2 is 1.50 bits per heavy atom. The minimum absolute atomic E-state index is 0.0113. The Labute approximate surface area is 257 Å². The van der Waals surface area contributed by atoms with Crippen LogP contribution in [0.3, 0.4) is 0 Å². The van der Waals surface area contributed by atoms with E-state index in [4.69, 9.17) is 32.7 Å². The van der Waals surface area contributed by atoms with Gasteiger partial charge in [0.1, 0.15) is 22.6 Å². The zero-order valence-corrected chi connectivity index (χ0v) is 26.0. The van der Waals surface area contributed by atoms with Crippen molar-refractivity contribution in [1.29, 1.82) is 0 Å². The number of aliphatic hydroxyl groups excluding tert-OH is 2. The summed E-state index contributed by atoms with van der Waals surface area (Å²) in [5, 5.41) is 24.8.